The molecule has 4 nitrogen and oxygen atoms in total. The Balaban J connectivity index is 1.81. The van der Waals surface area contributed by atoms with Crippen molar-refractivity contribution < 1.29 is 9.50 Å². The molecule has 3 rings (SSSR count). The second-order valence-corrected chi connectivity index (χ2v) is 6.57. The molecule has 0 aliphatic heterocycles. The highest BCUT2D eigenvalue weighted by Gasteiger charge is 2.12. The molecule has 0 aliphatic carbocycles. The second-order valence-electron chi connectivity index (χ2n) is 5.75. The highest BCUT2D eigenvalue weighted by atomic mass is 35.5. The maximum atomic E-state index is 13.4. The Labute approximate surface area is 160 Å². The zero-order chi connectivity index (χ0) is 18.7. The van der Waals surface area contributed by atoms with E-state index < -0.39 is 0 Å². The van der Waals surface area contributed by atoms with Crippen LogP contribution in [0.2, 0.25) is 10.0 Å². The van der Waals surface area contributed by atoms with Crippen molar-refractivity contribution >= 4 is 29.0 Å². The number of rotatable bonds is 5. The van der Waals surface area contributed by atoms with Crippen LogP contribution in [0.5, 0.6) is 5.75 Å². The molecular formula is C19H16Cl2FN3O. The van der Waals surface area contributed by atoms with Crippen molar-refractivity contribution in [2.24, 2.45) is 0 Å². The Morgan fingerprint density at radius 3 is 2.38 bits per heavy atom. The fourth-order valence-electron chi connectivity index (χ4n) is 2.60. The van der Waals surface area contributed by atoms with Crippen molar-refractivity contribution in [3.8, 4) is 17.0 Å². The number of anilines is 1. The predicted octanol–water partition coefficient (Wildman–Crippen LogP) is 5.86. The molecule has 1 unspecified atom stereocenters. The number of halogens is 3. The molecule has 7 heteroatoms. The van der Waals surface area contributed by atoms with Gasteiger partial charge in [-0.25, -0.2) is 4.39 Å². The first-order chi connectivity index (χ1) is 12.5. The number of aromatic hydroxyl groups is 1. The summed E-state index contributed by atoms with van der Waals surface area (Å²) in [6.45, 7) is 2.00. The molecule has 2 N–H and O–H groups in total. The van der Waals surface area contributed by atoms with E-state index in [0.717, 1.165) is 12.0 Å². The summed E-state index contributed by atoms with van der Waals surface area (Å²) in [5.41, 5.74) is 2.06. The lowest BCUT2D eigenvalue weighted by molar-refractivity contribution is 0.476. The van der Waals surface area contributed by atoms with Crippen LogP contribution >= 0.6 is 23.2 Å². The van der Waals surface area contributed by atoms with Crippen molar-refractivity contribution in [2.75, 3.05) is 5.32 Å². The normalized spacial score (nSPS) is 12.0. The van der Waals surface area contributed by atoms with Crippen LogP contribution in [-0.2, 0) is 0 Å². The predicted molar refractivity (Wildman–Crippen MR) is 102 cm³/mol. The molecule has 134 valence electrons. The van der Waals surface area contributed by atoms with Crippen molar-refractivity contribution in [1.82, 2.24) is 10.2 Å². The Hall–Kier alpha value is -2.37. The van der Waals surface area contributed by atoms with Crippen molar-refractivity contribution in [3.63, 3.8) is 0 Å². The summed E-state index contributed by atoms with van der Waals surface area (Å²) in [5.74, 6) is 0.135. The number of aromatic nitrogens is 2. The number of hydrogen-bond acceptors (Lipinski definition) is 4. The summed E-state index contributed by atoms with van der Waals surface area (Å²) < 4.78 is 13.4. The molecular weight excluding hydrogens is 376 g/mol. The molecule has 1 heterocycles. The number of hydrogen-bond donors (Lipinski definition) is 2. The molecule has 1 aromatic heterocycles. The average molecular weight is 392 g/mol. The molecule has 0 spiro atoms. The van der Waals surface area contributed by atoms with E-state index in [-0.39, 0.29) is 27.7 Å². The summed E-state index contributed by atoms with van der Waals surface area (Å²) in [7, 11) is 0. The van der Waals surface area contributed by atoms with Crippen LogP contribution in [0.3, 0.4) is 0 Å². The third-order valence-corrected chi connectivity index (χ3v) is 4.53. The molecule has 0 amide bonds. The monoisotopic (exact) mass is 391 g/mol. The largest absolute Gasteiger partial charge is 0.505 e. The topological polar surface area (TPSA) is 58.0 Å². The van der Waals surface area contributed by atoms with Crippen LogP contribution in [0.15, 0.2) is 48.5 Å². The van der Waals surface area contributed by atoms with Crippen LogP contribution in [0.25, 0.3) is 11.3 Å². The van der Waals surface area contributed by atoms with Gasteiger partial charge in [-0.1, -0.05) is 42.3 Å². The molecule has 0 saturated carbocycles. The van der Waals surface area contributed by atoms with Gasteiger partial charge in [-0.15, -0.1) is 10.2 Å². The summed E-state index contributed by atoms with van der Waals surface area (Å²) in [6.07, 6.45) is 0.760. The van der Waals surface area contributed by atoms with Gasteiger partial charge in [-0.05, 0) is 48.4 Å². The first-order valence-electron chi connectivity index (χ1n) is 8.02. The zero-order valence-corrected chi connectivity index (χ0v) is 15.4. The number of benzene rings is 2. The van der Waals surface area contributed by atoms with E-state index in [1.807, 2.05) is 13.0 Å². The molecule has 0 radical (unpaired) electrons. The minimum absolute atomic E-state index is 0.0802. The van der Waals surface area contributed by atoms with Gasteiger partial charge in [0.05, 0.1) is 21.8 Å². The zero-order valence-electron chi connectivity index (χ0n) is 13.9. The SMILES string of the molecule is CCC(Nc1ccc(-c2cc(Cl)c(O)c(Cl)c2)nn1)c1cccc(F)c1. The van der Waals surface area contributed by atoms with Crippen LogP contribution < -0.4 is 5.32 Å². The van der Waals surface area contributed by atoms with Gasteiger partial charge in [0.15, 0.2) is 5.75 Å². The Morgan fingerprint density at radius 1 is 1.08 bits per heavy atom. The van der Waals surface area contributed by atoms with Crippen LogP contribution in [0.4, 0.5) is 10.2 Å². The molecule has 0 bridgehead atoms. The summed E-state index contributed by atoms with van der Waals surface area (Å²) in [4.78, 5) is 0. The van der Waals surface area contributed by atoms with E-state index in [1.165, 1.54) is 12.1 Å². The molecule has 1 atom stereocenters. The molecule has 26 heavy (non-hydrogen) atoms. The highest BCUT2D eigenvalue weighted by Crippen LogP contribution is 2.35. The van der Waals surface area contributed by atoms with E-state index in [1.54, 1.807) is 30.3 Å². The standard InChI is InChI=1S/C19H16Cl2FN3O/c1-2-16(11-4-3-5-13(22)8-11)23-18-7-6-17(24-25-18)12-9-14(20)19(26)15(21)10-12/h3-10,16,26H,2H2,1H3,(H,23,25). The van der Waals surface area contributed by atoms with Gasteiger partial charge in [0.1, 0.15) is 11.6 Å². The summed E-state index contributed by atoms with van der Waals surface area (Å²) in [5, 5.41) is 21.5. The smallest absolute Gasteiger partial charge is 0.152 e. The number of nitrogens with one attached hydrogen (secondary N) is 1. The minimum Gasteiger partial charge on any atom is -0.505 e. The Bertz CT molecular complexity index is 896. The molecule has 3 aromatic rings. The third kappa shape index (κ3) is 4.06. The van der Waals surface area contributed by atoms with Crippen LogP contribution in [0.1, 0.15) is 24.9 Å². The van der Waals surface area contributed by atoms with Crippen molar-refractivity contribution in [3.05, 3.63) is 70.0 Å². The van der Waals surface area contributed by atoms with Gasteiger partial charge in [0.2, 0.25) is 0 Å². The molecule has 0 saturated heterocycles. The lowest BCUT2D eigenvalue weighted by Gasteiger charge is -2.18. The van der Waals surface area contributed by atoms with Crippen molar-refractivity contribution in [1.29, 1.82) is 0 Å². The summed E-state index contributed by atoms with van der Waals surface area (Å²) in [6, 6.07) is 13.1. The maximum absolute atomic E-state index is 13.4. The lowest BCUT2D eigenvalue weighted by atomic mass is 10.0. The lowest BCUT2D eigenvalue weighted by Crippen LogP contribution is -2.11. The van der Waals surface area contributed by atoms with Gasteiger partial charge in [-0.2, -0.15) is 0 Å². The van der Waals surface area contributed by atoms with E-state index in [9.17, 15) is 9.50 Å². The van der Waals surface area contributed by atoms with E-state index in [4.69, 9.17) is 23.2 Å². The van der Waals surface area contributed by atoms with Crippen LogP contribution in [-0.4, -0.2) is 15.3 Å². The molecule has 0 aliphatic rings. The van der Waals surface area contributed by atoms with Gasteiger partial charge >= 0.3 is 0 Å². The van der Waals surface area contributed by atoms with Gasteiger partial charge in [0, 0.05) is 5.56 Å². The summed E-state index contributed by atoms with van der Waals surface area (Å²) >= 11 is 11.9. The first kappa shape index (κ1) is 18.4. The Morgan fingerprint density at radius 2 is 1.81 bits per heavy atom. The quantitative estimate of drug-likeness (QED) is 0.571. The first-order valence-corrected chi connectivity index (χ1v) is 8.77. The van der Waals surface area contributed by atoms with Gasteiger partial charge in [0.25, 0.3) is 0 Å². The van der Waals surface area contributed by atoms with Crippen molar-refractivity contribution in [2.45, 2.75) is 19.4 Å². The second kappa shape index (κ2) is 7.89. The highest BCUT2D eigenvalue weighted by molar-refractivity contribution is 6.37. The van der Waals surface area contributed by atoms with Crippen LogP contribution in [0, 0.1) is 5.82 Å². The molecule has 2 aromatic carbocycles. The average Bonchev–Trinajstić information content (AvgIpc) is 2.64. The van der Waals surface area contributed by atoms with Gasteiger partial charge < -0.3 is 10.4 Å². The Kier molecular flexibility index (Phi) is 5.59. The van der Waals surface area contributed by atoms with E-state index in [0.29, 0.717) is 17.1 Å². The maximum Gasteiger partial charge on any atom is 0.152 e. The fraction of sp³-hybridized carbons (Fsp3) is 0.158. The van der Waals surface area contributed by atoms with E-state index in [2.05, 4.69) is 15.5 Å². The fourth-order valence-corrected chi connectivity index (χ4v) is 3.09. The minimum atomic E-state index is -0.273. The molecule has 0 fully saturated rings. The van der Waals surface area contributed by atoms with E-state index >= 15 is 0 Å². The van der Waals surface area contributed by atoms with Gasteiger partial charge in [-0.3, -0.25) is 0 Å². The number of phenolic OH excluding ortho intramolecular Hbond substituents is 1. The number of phenols is 1. The number of nitrogens with zero attached hydrogens (tertiary/aromatic N) is 2. The third-order valence-electron chi connectivity index (χ3n) is 3.96.